The number of carbonyl (C=O) groups excluding carboxylic acids is 1. The van der Waals surface area contributed by atoms with E-state index in [2.05, 4.69) is 50.4 Å². The first kappa shape index (κ1) is 15.8. The van der Waals surface area contributed by atoms with Crippen LogP contribution < -0.4 is 5.32 Å². The highest BCUT2D eigenvalue weighted by atomic mass is 16.3. The molecular formula is C17H26N2O2. The van der Waals surface area contributed by atoms with Gasteiger partial charge in [-0.05, 0) is 25.3 Å². The van der Waals surface area contributed by atoms with Gasteiger partial charge in [-0.2, -0.15) is 0 Å². The van der Waals surface area contributed by atoms with Crippen molar-refractivity contribution in [2.45, 2.75) is 45.1 Å². The van der Waals surface area contributed by atoms with Crippen molar-refractivity contribution in [3.8, 4) is 0 Å². The number of carbonyl (C=O) groups is 1. The molecule has 2 N–H and O–H groups in total. The maximum atomic E-state index is 12.2. The first-order valence-electron chi connectivity index (χ1n) is 7.66. The Hall–Kier alpha value is -1.55. The lowest BCUT2D eigenvalue weighted by Crippen LogP contribution is -2.49. The quantitative estimate of drug-likeness (QED) is 0.898. The number of nitrogens with zero attached hydrogens (tertiary/aromatic N) is 1. The van der Waals surface area contributed by atoms with Gasteiger partial charge >= 0.3 is 6.03 Å². The molecular weight excluding hydrogens is 264 g/mol. The highest BCUT2D eigenvalue weighted by Gasteiger charge is 2.25. The van der Waals surface area contributed by atoms with E-state index in [-0.39, 0.29) is 17.6 Å². The fourth-order valence-corrected chi connectivity index (χ4v) is 2.65. The van der Waals surface area contributed by atoms with Crippen molar-refractivity contribution in [2.24, 2.45) is 0 Å². The summed E-state index contributed by atoms with van der Waals surface area (Å²) >= 11 is 0. The number of rotatable bonds is 3. The smallest absolute Gasteiger partial charge is 0.317 e. The molecule has 1 saturated heterocycles. The van der Waals surface area contributed by atoms with E-state index in [0.29, 0.717) is 13.1 Å². The number of aliphatic hydroxyl groups is 1. The van der Waals surface area contributed by atoms with E-state index in [1.54, 1.807) is 4.90 Å². The van der Waals surface area contributed by atoms with Crippen molar-refractivity contribution >= 4 is 6.03 Å². The van der Waals surface area contributed by atoms with Crippen LogP contribution in [0, 0.1) is 6.92 Å². The number of urea groups is 1. The average molecular weight is 290 g/mol. The number of nitrogens with one attached hydrogen (secondary N) is 1. The summed E-state index contributed by atoms with van der Waals surface area (Å²) in [5.74, 6) is 0. The van der Waals surface area contributed by atoms with Crippen LogP contribution in [0.5, 0.6) is 0 Å². The first-order chi connectivity index (χ1) is 9.88. The molecule has 1 aromatic carbocycles. The molecule has 4 nitrogen and oxygen atoms in total. The van der Waals surface area contributed by atoms with Crippen LogP contribution in [0.3, 0.4) is 0 Å². The molecule has 1 aliphatic rings. The fourth-order valence-electron chi connectivity index (χ4n) is 2.65. The number of aryl methyl sites for hydroxylation is 1. The lowest BCUT2D eigenvalue weighted by Gasteiger charge is -2.32. The lowest BCUT2D eigenvalue weighted by molar-refractivity contribution is 0.0839. The van der Waals surface area contributed by atoms with Gasteiger partial charge in [-0.25, -0.2) is 4.79 Å². The molecule has 116 valence electrons. The number of hydrogen-bond donors (Lipinski definition) is 2. The Labute approximate surface area is 127 Å². The molecule has 1 atom stereocenters. The van der Waals surface area contributed by atoms with Crippen LogP contribution in [0.1, 0.15) is 37.8 Å². The van der Waals surface area contributed by atoms with Crippen LogP contribution >= 0.6 is 0 Å². The Balaban J connectivity index is 1.91. The van der Waals surface area contributed by atoms with Gasteiger partial charge in [0, 0.05) is 25.0 Å². The number of β-amino-alcohol motifs (C(OH)–C–C–N with tert-alkyl or cyclic N) is 1. The second-order valence-corrected chi connectivity index (χ2v) is 6.65. The zero-order valence-corrected chi connectivity index (χ0v) is 13.2. The normalized spacial score (nSPS) is 19.4. The van der Waals surface area contributed by atoms with Crippen molar-refractivity contribution in [3.05, 3.63) is 35.4 Å². The summed E-state index contributed by atoms with van der Waals surface area (Å²) in [6, 6.07) is 8.35. The van der Waals surface area contributed by atoms with Crippen molar-refractivity contribution in [3.63, 3.8) is 0 Å². The molecule has 21 heavy (non-hydrogen) atoms. The summed E-state index contributed by atoms with van der Waals surface area (Å²) < 4.78 is 0. The molecule has 0 aromatic heterocycles. The third-order valence-electron chi connectivity index (χ3n) is 4.20. The van der Waals surface area contributed by atoms with E-state index in [9.17, 15) is 9.90 Å². The summed E-state index contributed by atoms with van der Waals surface area (Å²) in [7, 11) is 0. The van der Waals surface area contributed by atoms with Crippen LogP contribution in [0.2, 0.25) is 0 Å². The molecule has 1 aromatic rings. The summed E-state index contributed by atoms with van der Waals surface area (Å²) in [5.41, 5.74) is 2.34. The molecule has 1 aliphatic heterocycles. The third-order valence-corrected chi connectivity index (χ3v) is 4.20. The molecule has 1 unspecified atom stereocenters. The molecule has 0 saturated carbocycles. The van der Waals surface area contributed by atoms with Gasteiger partial charge in [0.2, 0.25) is 0 Å². The molecule has 0 spiro atoms. The number of aliphatic hydroxyl groups excluding tert-OH is 1. The Kier molecular flexibility index (Phi) is 4.88. The Morgan fingerprint density at radius 2 is 2.05 bits per heavy atom. The molecule has 2 amide bonds. The summed E-state index contributed by atoms with van der Waals surface area (Å²) in [5, 5.41) is 12.6. The van der Waals surface area contributed by atoms with Gasteiger partial charge < -0.3 is 15.3 Å². The van der Waals surface area contributed by atoms with E-state index in [0.717, 1.165) is 19.4 Å². The van der Waals surface area contributed by atoms with Crippen LogP contribution in [0.15, 0.2) is 24.3 Å². The number of benzene rings is 1. The highest BCUT2D eigenvalue weighted by molar-refractivity contribution is 5.74. The maximum Gasteiger partial charge on any atom is 0.317 e. The fraction of sp³-hybridized carbons (Fsp3) is 0.588. The standard InChI is InChI=1S/C17H26N2O2/c1-13-6-8-14(9-7-13)17(2,3)12-18-16(21)19-10-4-5-15(20)11-19/h6-9,15,20H,4-5,10-12H2,1-3H3,(H,18,21). The van der Waals surface area contributed by atoms with Gasteiger partial charge in [0.05, 0.1) is 6.10 Å². The zero-order valence-electron chi connectivity index (χ0n) is 13.2. The summed E-state index contributed by atoms with van der Waals surface area (Å²) in [6.45, 7) is 8.08. The molecule has 0 radical (unpaired) electrons. The highest BCUT2D eigenvalue weighted by Crippen LogP contribution is 2.22. The number of hydrogen-bond acceptors (Lipinski definition) is 2. The van der Waals surface area contributed by atoms with Crippen molar-refractivity contribution in [2.75, 3.05) is 19.6 Å². The van der Waals surface area contributed by atoms with E-state index in [1.165, 1.54) is 11.1 Å². The van der Waals surface area contributed by atoms with Crippen molar-refractivity contribution in [1.82, 2.24) is 10.2 Å². The van der Waals surface area contributed by atoms with Crippen LogP contribution in [-0.4, -0.2) is 41.8 Å². The van der Waals surface area contributed by atoms with Gasteiger partial charge in [0.15, 0.2) is 0 Å². The molecule has 1 heterocycles. The Morgan fingerprint density at radius 1 is 1.38 bits per heavy atom. The predicted molar refractivity (Wildman–Crippen MR) is 84.4 cm³/mol. The largest absolute Gasteiger partial charge is 0.391 e. The van der Waals surface area contributed by atoms with E-state index in [1.807, 2.05) is 0 Å². The van der Waals surface area contributed by atoms with Gasteiger partial charge in [-0.1, -0.05) is 43.7 Å². The van der Waals surface area contributed by atoms with Crippen LogP contribution in [-0.2, 0) is 5.41 Å². The monoisotopic (exact) mass is 290 g/mol. The SMILES string of the molecule is Cc1ccc(C(C)(C)CNC(=O)N2CCCC(O)C2)cc1. The van der Waals surface area contributed by atoms with E-state index >= 15 is 0 Å². The van der Waals surface area contributed by atoms with Gasteiger partial charge in [-0.3, -0.25) is 0 Å². The second-order valence-electron chi connectivity index (χ2n) is 6.65. The molecule has 0 aliphatic carbocycles. The molecule has 4 heteroatoms. The molecule has 0 bridgehead atoms. The van der Waals surface area contributed by atoms with Crippen LogP contribution in [0.4, 0.5) is 4.79 Å². The maximum absolute atomic E-state index is 12.2. The summed E-state index contributed by atoms with van der Waals surface area (Å²) in [6.07, 6.45) is 1.28. The van der Waals surface area contributed by atoms with E-state index < -0.39 is 0 Å². The van der Waals surface area contributed by atoms with Gasteiger partial charge in [0.1, 0.15) is 0 Å². The minimum Gasteiger partial charge on any atom is -0.391 e. The Morgan fingerprint density at radius 3 is 2.67 bits per heavy atom. The van der Waals surface area contributed by atoms with Crippen molar-refractivity contribution in [1.29, 1.82) is 0 Å². The van der Waals surface area contributed by atoms with Crippen LogP contribution in [0.25, 0.3) is 0 Å². The van der Waals surface area contributed by atoms with Gasteiger partial charge in [-0.15, -0.1) is 0 Å². The summed E-state index contributed by atoms with van der Waals surface area (Å²) in [4.78, 5) is 13.9. The minimum atomic E-state index is -0.380. The third kappa shape index (κ3) is 4.21. The average Bonchev–Trinajstić information content (AvgIpc) is 2.45. The molecule has 2 rings (SSSR count). The van der Waals surface area contributed by atoms with E-state index in [4.69, 9.17) is 0 Å². The molecule has 1 fully saturated rings. The topological polar surface area (TPSA) is 52.6 Å². The lowest BCUT2D eigenvalue weighted by atomic mass is 9.84. The number of amides is 2. The second kappa shape index (κ2) is 6.48. The Bertz CT molecular complexity index is 482. The first-order valence-corrected chi connectivity index (χ1v) is 7.66. The number of likely N-dealkylation sites (tertiary alicyclic amines) is 1. The van der Waals surface area contributed by atoms with Crippen molar-refractivity contribution < 1.29 is 9.90 Å². The number of piperidine rings is 1. The minimum absolute atomic E-state index is 0.0751. The van der Waals surface area contributed by atoms with Gasteiger partial charge in [0.25, 0.3) is 0 Å². The zero-order chi connectivity index (χ0) is 15.5. The predicted octanol–water partition coefficient (Wildman–Crippen LogP) is 2.44.